The maximum Gasteiger partial charge on any atom is 0.0642 e. The summed E-state index contributed by atoms with van der Waals surface area (Å²) in [5.74, 6) is 0. The van der Waals surface area contributed by atoms with Crippen molar-refractivity contribution in [1.82, 2.24) is 5.32 Å². The van der Waals surface area contributed by atoms with Gasteiger partial charge in [0.1, 0.15) is 0 Å². The number of nitrogens with one attached hydrogen (secondary N) is 1. The standard InChI is InChI=1S/C17H19ClN2/c1-13-6-5-9-15(18)17(13)20-11-10-19-16(12-20)14-7-3-2-4-8-14/h2-9,16,19H,10-12H2,1H3. The van der Waals surface area contributed by atoms with E-state index in [1.165, 1.54) is 16.8 Å². The maximum atomic E-state index is 6.39. The molecular weight excluding hydrogens is 268 g/mol. The molecule has 1 aliphatic heterocycles. The predicted octanol–water partition coefficient (Wildman–Crippen LogP) is 3.80. The van der Waals surface area contributed by atoms with Gasteiger partial charge in [0.25, 0.3) is 0 Å². The highest BCUT2D eigenvalue weighted by Gasteiger charge is 2.23. The lowest BCUT2D eigenvalue weighted by atomic mass is 10.0. The molecule has 3 heteroatoms. The van der Waals surface area contributed by atoms with Gasteiger partial charge in [-0.1, -0.05) is 54.1 Å². The third kappa shape index (κ3) is 2.67. The molecule has 3 rings (SSSR count). The van der Waals surface area contributed by atoms with Gasteiger partial charge in [-0.2, -0.15) is 0 Å². The summed E-state index contributed by atoms with van der Waals surface area (Å²) >= 11 is 6.39. The summed E-state index contributed by atoms with van der Waals surface area (Å²) in [6.45, 7) is 5.05. The quantitative estimate of drug-likeness (QED) is 0.903. The Morgan fingerprint density at radius 2 is 1.90 bits per heavy atom. The third-order valence-electron chi connectivity index (χ3n) is 3.88. The van der Waals surface area contributed by atoms with E-state index in [1.807, 2.05) is 12.1 Å². The molecule has 1 N–H and O–H groups in total. The largest absolute Gasteiger partial charge is 0.367 e. The van der Waals surface area contributed by atoms with Crippen LogP contribution in [0.2, 0.25) is 5.02 Å². The zero-order valence-electron chi connectivity index (χ0n) is 11.6. The van der Waals surface area contributed by atoms with Gasteiger partial charge in [0.05, 0.1) is 10.7 Å². The molecule has 0 aliphatic carbocycles. The molecule has 20 heavy (non-hydrogen) atoms. The number of hydrogen-bond acceptors (Lipinski definition) is 2. The van der Waals surface area contributed by atoms with Gasteiger partial charge < -0.3 is 10.2 Å². The molecule has 0 bridgehead atoms. The number of aryl methyl sites for hydroxylation is 1. The summed E-state index contributed by atoms with van der Waals surface area (Å²) < 4.78 is 0. The summed E-state index contributed by atoms with van der Waals surface area (Å²) in [6, 6.07) is 17.1. The van der Waals surface area contributed by atoms with Gasteiger partial charge >= 0.3 is 0 Å². The molecule has 2 aromatic rings. The van der Waals surface area contributed by atoms with Crippen molar-refractivity contribution in [2.45, 2.75) is 13.0 Å². The molecule has 2 nitrogen and oxygen atoms in total. The smallest absolute Gasteiger partial charge is 0.0642 e. The molecule has 0 radical (unpaired) electrons. The van der Waals surface area contributed by atoms with Crippen LogP contribution < -0.4 is 10.2 Å². The first-order chi connectivity index (χ1) is 9.75. The van der Waals surface area contributed by atoms with Crippen LogP contribution >= 0.6 is 11.6 Å². The number of anilines is 1. The predicted molar refractivity (Wildman–Crippen MR) is 85.6 cm³/mol. The van der Waals surface area contributed by atoms with Crippen molar-refractivity contribution in [2.24, 2.45) is 0 Å². The molecule has 104 valence electrons. The number of nitrogens with zero attached hydrogens (tertiary/aromatic N) is 1. The zero-order valence-corrected chi connectivity index (χ0v) is 12.4. The van der Waals surface area contributed by atoms with E-state index in [0.29, 0.717) is 6.04 Å². The summed E-state index contributed by atoms with van der Waals surface area (Å²) in [7, 11) is 0. The van der Waals surface area contributed by atoms with Gasteiger partial charge in [0.15, 0.2) is 0 Å². The van der Waals surface area contributed by atoms with Gasteiger partial charge in [-0.3, -0.25) is 0 Å². The molecule has 1 unspecified atom stereocenters. The Kier molecular flexibility index (Phi) is 3.95. The second kappa shape index (κ2) is 5.86. The van der Waals surface area contributed by atoms with Crippen LogP contribution in [0.15, 0.2) is 48.5 Å². The Hall–Kier alpha value is -1.51. The summed E-state index contributed by atoms with van der Waals surface area (Å²) in [6.07, 6.45) is 0. The highest BCUT2D eigenvalue weighted by Crippen LogP contribution is 2.31. The summed E-state index contributed by atoms with van der Waals surface area (Å²) in [5, 5.41) is 4.44. The average Bonchev–Trinajstić information content (AvgIpc) is 2.48. The topological polar surface area (TPSA) is 15.3 Å². The lowest BCUT2D eigenvalue weighted by molar-refractivity contribution is 0.471. The van der Waals surface area contributed by atoms with Crippen LogP contribution in [0.3, 0.4) is 0 Å². The Morgan fingerprint density at radius 1 is 1.10 bits per heavy atom. The fourth-order valence-corrected chi connectivity index (χ4v) is 3.23. The Bertz CT molecular complexity index is 563. The lowest BCUT2D eigenvalue weighted by Gasteiger charge is -2.36. The molecule has 0 saturated carbocycles. The van der Waals surface area contributed by atoms with Crippen LogP contribution in [-0.2, 0) is 0 Å². The fourth-order valence-electron chi connectivity index (χ4n) is 2.89. The monoisotopic (exact) mass is 286 g/mol. The van der Waals surface area contributed by atoms with Crippen molar-refractivity contribution in [3.05, 3.63) is 64.7 Å². The van der Waals surface area contributed by atoms with E-state index in [9.17, 15) is 0 Å². The minimum absolute atomic E-state index is 0.362. The van der Waals surface area contributed by atoms with Gasteiger partial charge in [0.2, 0.25) is 0 Å². The second-order valence-electron chi connectivity index (χ2n) is 5.27. The molecule has 1 atom stereocenters. The minimum atomic E-state index is 0.362. The highest BCUT2D eigenvalue weighted by atomic mass is 35.5. The summed E-state index contributed by atoms with van der Waals surface area (Å²) in [5.41, 5.74) is 3.75. The van der Waals surface area contributed by atoms with E-state index in [2.05, 4.69) is 53.5 Å². The Balaban J connectivity index is 1.85. The molecule has 0 amide bonds. The number of piperazine rings is 1. The first-order valence-corrected chi connectivity index (χ1v) is 7.42. The molecule has 2 aromatic carbocycles. The Labute approximate surface area is 125 Å². The van der Waals surface area contributed by atoms with Crippen molar-refractivity contribution in [3.8, 4) is 0 Å². The number of rotatable bonds is 2. The first-order valence-electron chi connectivity index (χ1n) is 7.04. The highest BCUT2D eigenvalue weighted by molar-refractivity contribution is 6.33. The molecule has 1 aliphatic rings. The van der Waals surface area contributed by atoms with Gasteiger partial charge in [-0.15, -0.1) is 0 Å². The van der Waals surface area contributed by atoms with Crippen molar-refractivity contribution in [2.75, 3.05) is 24.5 Å². The first kappa shape index (κ1) is 13.5. The van der Waals surface area contributed by atoms with E-state index >= 15 is 0 Å². The Morgan fingerprint density at radius 3 is 2.65 bits per heavy atom. The van der Waals surface area contributed by atoms with E-state index in [-0.39, 0.29) is 0 Å². The SMILES string of the molecule is Cc1cccc(Cl)c1N1CCNC(c2ccccc2)C1. The van der Waals surface area contributed by atoms with Gasteiger partial charge in [0, 0.05) is 25.7 Å². The van der Waals surface area contributed by atoms with Crippen LogP contribution in [0.4, 0.5) is 5.69 Å². The van der Waals surface area contributed by atoms with Crippen LogP contribution in [0.1, 0.15) is 17.2 Å². The number of hydrogen-bond donors (Lipinski definition) is 1. The van der Waals surface area contributed by atoms with Crippen molar-refractivity contribution >= 4 is 17.3 Å². The molecule has 1 saturated heterocycles. The molecule has 0 spiro atoms. The van der Waals surface area contributed by atoms with E-state index in [1.54, 1.807) is 0 Å². The molecule has 0 aromatic heterocycles. The average molecular weight is 287 g/mol. The molecule has 1 heterocycles. The van der Waals surface area contributed by atoms with Crippen LogP contribution in [0.25, 0.3) is 0 Å². The second-order valence-corrected chi connectivity index (χ2v) is 5.68. The van der Waals surface area contributed by atoms with Crippen molar-refractivity contribution in [3.63, 3.8) is 0 Å². The number of para-hydroxylation sites is 1. The minimum Gasteiger partial charge on any atom is -0.367 e. The molecule has 1 fully saturated rings. The molecular formula is C17H19ClN2. The maximum absolute atomic E-state index is 6.39. The normalized spacial score (nSPS) is 19.1. The fraction of sp³-hybridized carbons (Fsp3) is 0.294. The number of benzene rings is 2. The van der Waals surface area contributed by atoms with Crippen LogP contribution in [0, 0.1) is 6.92 Å². The van der Waals surface area contributed by atoms with E-state index < -0.39 is 0 Å². The van der Waals surface area contributed by atoms with Crippen molar-refractivity contribution < 1.29 is 0 Å². The van der Waals surface area contributed by atoms with Gasteiger partial charge in [-0.25, -0.2) is 0 Å². The zero-order chi connectivity index (χ0) is 13.9. The third-order valence-corrected chi connectivity index (χ3v) is 4.19. The van der Waals surface area contributed by atoms with E-state index in [4.69, 9.17) is 11.6 Å². The van der Waals surface area contributed by atoms with Crippen LogP contribution in [-0.4, -0.2) is 19.6 Å². The van der Waals surface area contributed by atoms with E-state index in [0.717, 1.165) is 24.7 Å². The lowest BCUT2D eigenvalue weighted by Crippen LogP contribution is -2.46. The summed E-state index contributed by atoms with van der Waals surface area (Å²) in [4.78, 5) is 2.39. The number of halogens is 1. The van der Waals surface area contributed by atoms with Crippen molar-refractivity contribution in [1.29, 1.82) is 0 Å². The van der Waals surface area contributed by atoms with Gasteiger partial charge in [-0.05, 0) is 24.1 Å². The van der Waals surface area contributed by atoms with Crippen LogP contribution in [0.5, 0.6) is 0 Å².